The molecular formula is C17H28N3+. The van der Waals surface area contributed by atoms with Crippen LogP contribution in [0.1, 0.15) is 38.5 Å². The molecule has 3 heteroatoms. The van der Waals surface area contributed by atoms with Gasteiger partial charge in [-0.05, 0) is 32.0 Å². The van der Waals surface area contributed by atoms with Crippen LogP contribution in [0.4, 0.5) is 5.82 Å². The van der Waals surface area contributed by atoms with Crippen molar-refractivity contribution in [2.45, 2.75) is 38.5 Å². The largest absolute Gasteiger partial charge is 0.303 e. The zero-order valence-electron chi connectivity index (χ0n) is 12.6. The van der Waals surface area contributed by atoms with E-state index >= 15 is 0 Å². The number of piperidine rings is 1. The molecule has 1 aromatic heterocycles. The SMILES string of the molecule is c1ccc([N+]2(CCCN3CCCCC3)CCCC2)nc1. The van der Waals surface area contributed by atoms with Crippen molar-refractivity contribution in [1.29, 1.82) is 0 Å². The summed E-state index contributed by atoms with van der Waals surface area (Å²) in [5.41, 5.74) is 0. The third-order valence-corrected chi connectivity index (χ3v) is 5.07. The highest BCUT2D eigenvalue weighted by molar-refractivity contribution is 5.34. The number of quaternary nitrogens is 1. The van der Waals surface area contributed by atoms with Crippen LogP contribution in [-0.4, -0.2) is 49.2 Å². The van der Waals surface area contributed by atoms with E-state index in [9.17, 15) is 0 Å². The molecule has 3 nitrogen and oxygen atoms in total. The number of likely N-dealkylation sites (tertiary alicyclic amines) is 2. The van der Waals surface area contributed by atoms with Gasteiger partial charge in [-0.2, -0.15) is 0 Å². The molecule has 0 N–H and O–H groups in total. The Labute approximate surface area is 123 Å². The standard InChI is InChI=1S/C17H28N3/c1-4-11-19(12-5-1)13-8-16-20(14-6-7-15-20)17-9-2-3-10-18-17/h2-3,9-10H,1,4-8,11-16H2/q+1. The normalized spacial score (nSPS) is 23.0. The molecule has 110 valence electrons. The van der Waals surface area contributed by atoms with Gasteiger partial charge in [0.05, 0.1) is 19.6 Å². The molecule has 3 heterocycles. The zero-order valence-corrected chi connectivity index (χ0v) is 12.6. The summed E-state index contributed by atoms with van der Waals surface area (Å²) in [6, 6.07) is 6.40. The summed E-state index contributed by atoms with van der Waals surface area (Å²) in [5, 5.41) is 0. The Balaban J connectivity index is 1.57. The van der Waals surface area contributed by atoms with Gasteiger partial charge in [0.25, 0.3) is 0 Å². The average molecular weight is 274 g/mol. The Kier molecular flexibility index (Phi) is 4.69. The Hall–Kier alpha value is -0.930. The van der Waals surface area contributed by atoms with Gasteiger partial charge < -0.3 is 4.90 Å². The highest BCUT2D eigenvalue weighted by atomic mass is 15.4. The van der Waals surface area contributed by atoms with Crippen LogP contribution in [0, 0.1) is 0 Å². The van der Waals surface area contributed by atoms with Crippen molar-refractivity contribution < 1.29 is 0 Å². The summed E-state index contributed by atoms with van der Waals surface area (Å²) in [6.45, 7) is 7.78. The fraction of sp³-hybridized carbons (Fsp3) is 0.706. The van der Waals surface area contributed by atoms with E-state index in [1.807, 2.05) is 12.3 Å². The van der Waals surface area contributed by atoms with Crippen molar-refractivity contribution in [3.8, 4) is 0 Å². The maximum absolute atomic E-state index is 4.66. The van der Waals surface area contributed by atoms with Crippen LogP contribution in [0.3, 0.4) is 0 Å². The highest BCUT2D eigenvalue weighted by Crippen LogP contribution is 2.27. The van der Waals surface area contributed by atoms with E-state index in [0.29, 0.717) is 0 Å². The number of rotatable bonds is 5. The van der Waals surface area contributed by atoms with E-state index in [1.54, 1.807) is 0 Å². The van der Waals surface area contributed by atoms with Gasteiger partial charge in [-0.15, -0.1) is 0 Å². The molecule has 2 aliphatic rings. The van der Waals surface area contributed by atoms with Crippen molar-refractivity contribution in [2.24, 2.45) is 0 Å². The topological polar surface area (TPSA) is 16.1 Å². The van der Waals surface area contributed by atoms with Gasteiger partial charge in [-0.1, -0.05) is 12.5 Å². The molecule has 0 atom stereocenters. The van der Waals surface area contributed by atoms with E-state index in [1.165, 1.54) is 83.6 Å². The van der Waals surface area contributed by atoms with E-state index in [4.69, 9.17) is 0 Å². The summed E-state index contributed by atoms with van der Waals surface area (Å²) in [4.78, 5) is 7.32. The number of hydrogen-bond acceptors (Lipinski definition) is 2. The van der Waals surface area contributed by atoms with Crippen LogP contribution < -0.4 is 4.48 Å². The van der Waals surface area contributed by atoms with Gasteiger partial charge in [0.15, 0.2) is 0 Å². The number of hydrogen-bond donors (Lipinski definition) is 0. The maximum Gasteiger partial charge on any atom is 0.227 e. The molecule has 2 saturated heterocycles. The molecule has 0 radical (unpaired) electrons. The van der Waals surface area contributed by atoms with E-state index in [0.717, 1.165) is 4.48 Å². The molecule has 2 aliphatic heterocycles. The van der Waals surface area contributed by atoms with Crippen LogP contribution >= 0.6 is 0 Å². The molecule has 2 fully saturated rings. The molecular weight excluding hydrogens is 246 g/mol. The van der Waals surface area contributed by atoms with Gasteiger partial charge in [0.1, 0.15) is 0 Å². The second-order valence-electron chi connectivity index (χ2n) is 6.47. The van der Waals surface area contributed by atoms with Crippen molar-refractivity contribution in [1.82, 2.24) is 14.4 Å². The summed E-state index contributed by atoms with van der Waals surface area (Å²) < 4.78 is 1.13. The number of nitrogens with zero attached hydrogens (tertiary/aromatic N) is 3. The smallest absolute Gasteiger partial charge is 0.227 e. The molecule has 0 amide bonds. The fourth-order valence-corrected chi connectivity index (χ4v) is 3.92. The number of pyridine rings is 1. The van der Waals surface area contributed by atoms with Crippen molar-refractivity contribution in [3.05, 3.63) is 24.4 Å². The molecule has 0 aliphatic carbocycles. The molecule has 3 rings (SSSR count). The van der Waals surface area contributed by atoms with Gasteiger partial charge in [0, 0.05) is 38.1 Å². The average Bonchev–Trinajstić information content (AvgIpc) is 2.99. The van der Waals surface area contributed by atoms with Gasteiger partial charge in [-0.25, -0.2) is 4.98 Å². The van der Waals surface area contributed by atoms with Crippen LogP contribution in [0.15, 0.2) is 24.4 Å². The summed E-state index contributed by atoms with van der Waals surface area (Å²) in [6.07, 6.45) is 10.2. The van der Waals surface area contributed by atoms with Crippen molar-refractivity contribution >= 4 is 5.82 Å². The number of aromatic nitrogens is 1. The van der Waals surface area contributed by atoms with Gasteiger partial charge >= 0.3 is 0 Å². The fourth-order valence-electron chi connectivity index (χ4n) is 3.92. The molecule has 0 unspecified atom stereocenters. The molecule has 1 aromatic rings. The molecule has 0 saturated carbocycles. The van der Waals surface area contributed by atoms with E-state index in [2.05, 4.69) is 22.0 Å². The Bertz CT molecular complexity index is 392. The van der Waals surface area contributed by atoms with Crippen LogP contribution in [0.2, 0.25) is 0 Å². The third kappa shape index (κ3) is 3.21. The Morgan fingerprint density at radius 1 is 1.00 bits per heavy atom. The lowest BCUT2D eigenvalue weighted by molar-refractivity contribution is 0.211. The summed E-state index contributed by atoms with van der Waals surface area (Å²) in [7, 11) is 0. The van der Waals surface area contributed by atoms with Crippen molar-refractivity contribution in [3.63, 3.8) is 0 Å². The first kappa shape index (κ1) is 14.0. The first-order valence-corrected chi connectivity index (χ1v) is 8.39. The third-order valence-electron chi connectivity index (χ3n) is 5.07. The van der Waals surface area contributed by atoms with Crippen LogP contribution in [0.25, 0.3) is 0 Å². The van der Waals surface area contributed by atoms with Crippen molar-refractivity contribution in [2.75, 3.05) is 39.3 Å². The molecule has 20 heavy (non-hydrogen) atoms. The van der Waals surface area contributed by atoms with Crippen LogP contribution in [0.5, 0.6) is 0 Å². The highest BCUT2D eigenvalue weighted by Gasteiger charge is 2.35. The van der Waals surface area contributed by atoms with E-state index in [-0.39, 0.29) is 0 Å². The minimum absolute atomic E-state index is 1.13. The van der Waals surface area contributed by atoms with Gasteiger partial charge in [-0.3, -0.25) is 4.48 Å². The Morgan fingerprint density at radius 3 is 2.50 bits per heavy atom. The lowest BCUT2D eigenvalue weighted by atomic mass is 10.1. The predicted molar refractivity (Wildman–Crippen MR) is 84.8 cm³/mol. The Morgan fingerprint density at radius 2 is 1.80 bits per heavy atom. The minimum atomic E-state index is 1.13. The second-order valence-corrected chi connectivity index (χ2v) is 6.47. The van der Waals surface area contributed by atoms with Gasteiger partial charge in [0.2, 0.25) is 5.82 Å². The first-order chi connectivity index (χ1) is 9.89. The first-order valence-electron chi connectivity index (χ1n) is 8.39. The quantitative estimate of drug-likeness (QED) is 0.767. The van der Waals surface area contributed by atoms with E-state index < -0.39 is 0 Å². The van der Waals surface area contributed by atoms with Crippen LogP contribution in [-0.2, 0) is 0 Å². The lowest BCUT2D eigenvalue weighted by Gasteiger charge is -2.34. The lowest BCUT2D eigenvalue weighted by Crippen LogP contribution is -2.48. The molecule has 0 bridgehead atoms. The predicted octanol–water partition coefficient (Wildman–Crippen LogP) is 3.06. The summed E-state index contributed by atoms with van der Waals surface area (Å²) >= 11 is 0. The maximum atomic E-state index is 4.66. The minimum Gasteiger partial charge on any atom is -0.303 e. The molecule has 0 spiro atoms. The monoisotopic (exact) mass is 274 g/mol. The summed E-state index contributed by atoms with van der Waals surface area (Å²) in [5.74, 6) is 1.30. The second kappa shape index (κ2) is 6.68. The molecule has 0 aromatic carbocycles. The zero-order chi connectivity index (χ0) is 13.7.